The molecule has 0 spiro atoms. The molecule has 0 amide bonds. The summed E-state index contributed by atoms with van der Waals surface area (Å²) in [4.78, 5) is 5.05. The van der Waals surface area contributed by atoms with Crippen LogP contribution in [-0.2, 0) is 12.0 Å². The molecule has 2 heteroatoms. The number of benzene rings is 3. The first-order valence-corrected chi connectivity index (χ1v) is 11.2. The molecule has 0 aliphatic rings. The largest absolute Gasteiger partial charge is 0.316 e. The highest BCUT2D eigenvalue weighted by Crippen LogP contribution is 2.42. The van der Waals surface area contributed by atoms with Crippen LogP contribution in [-0.4, -0.2) is 9.55 Å². The SMILES string of the molecule is CCC(C)(C)Cc1cn(C(c2ccccc2)(c2ccccc2)c2ccccc2)c(C)n1. The molecule has 4 aromatic rings. The maximum Gasteiger partial charge on any atom is 0.121 e. The van der Waals surface area contributed by atoms with E-state index in [-0.39, 0.29) is 5.41 Å². The highest BCUT2D eigenvalue weighted by molar-refractivity contribution is 5.51. The fourth-order valence-electron chi connectivity index (χ4n) is 4.53. The van der Waals surface area contributed by atoms with Crippen molar-refractivity contribution >= 4 is 0 Å². The Morgan fingerprint density at radius 1 is 0.710 bits per heavy atom. The summed E-state index contributed by atoms with van der Waals surface area (Å²) in [7, 11) is 0. The summed E-state index contributed by atoms with van der Waals surface area (Å²) in [6.07, 6.45) is 4.37. The van der Waals surface area contributed by atoms with Gasteiger partial charge in [-0.3, -0.25) is 0 Å². The van der Waals surface area contributed by atoms with Crippen molar-refractivity contribution in [1.29, 1.82) is 0 Å². The summed E-state index contributed by atoms with van der Waals surface area (Å²) in [5.41, 5.74) is 4.57. The third-order valence-electron chi connectivity index (χ3n) is 6.48. The zero-order valence-corrected chi connectivity index (χ0v) is 19.0. The van der Waals surface area contributed by atoms with Crippen LogP contribution in [0.1, 0.15) is 55.4 Å². The van der Waals surface area contributed by atoms with E-state index < -0.39 is 5.54 Å². The van der Waals surface area contributed by atoms with Gasteiger partial charge in [0.25, 0.3) is 0 Å². The highest BCUT2D eigenvalue weighted by Gasteiger charge is 2.39. The Kier molecular flexibility index (Phi) is 5.82. The van der Waals surface area contributed by atoms with Crippen molar-refractivity contribution in [2.75, 3.05) is 0 Å². The van der Waals surface area contributed by atoms with Gasteiger partial charge >= 0.3 is 0 Å². The second-order valence-electron chi connectivity index (χ2n) is 9.15. The maximum absolute atomic E-state index is 5.05. The Morgan fingerprint density at radius 2 is 1.13 bits per heavy atom. The lowest BCUT2D eigenvalue weighted by atomic mass is 9.76. The molecule has 2 nitrogen and oxygen atoms in total. The van der Waals surface area contributed by atoms with Crippen LogP contribution in [0.3, 0.4) is 0 Å². The zero-order valence-electron chi connectivity index (χ0n) is 19.0. The molecule has 0 N–H and O–H groups in total. The van der Waals surface area contributed by atoms with Gasteiger partial charge < -0.3 is 4.57 Å². The molecule has 31 heavy (non-hydrogen) atoms. The standard InChI is InChI=1S/C29H32N2/c1-5-28(3,4)21-27-22-31(23(2)30-27)29(24-15-9-6-10-16-24,25-17-11-7-12-18-25)26-19-13-8-14-20-26/h6-20,22H,5,21H2,1-4H3. The number of hydrogen-bond donors (Lipinski definition) is 0. The quantitative estimate of drug-likeness (QED) is 0.301. The van der Waals surface area contributed by atoms with Gasteiger partial charge in [-0.2, -0.15) is 0 Å². The second kappa shape index (κ2) is 8.55. The molecule has 0 radical (unpaired) electrons. The lowest BCUT2D eigenvalue weighted by molar-refractivity contribution is 0.345. The Hall–Kier alpha value is -3.13. The summed E-state index contributed by atoms with van der Waals surface area (Å²) in [5, 5.41) is 0. The molecule has 0 bridgehead atoms. The lowest BCUT2D eigenvalue weighted by Crippen LogP contribution is -2.38. The van der Waals surface area contributed by atoms with Gasteiger partial charge in [-0.25, -0.2) is 4.98 Å². The molecule has 0 unspecified atom stereocenters. The first-order chi connectivity index (χ1) is 15.0. The Balaban J connectivity index is 2.04. The van der Waals surface area contributed by atoms with Crippen LogP contribution in [0.15, 0.2) is 97.2 Å². The monoisotopic (exact) mass is 408 g/mol. The van der Waals surface area contributed by atoms with E-state index in [9.17, 15) is 0 Å². The molecule has 0 fully saturated rings. The fraction of sp³-hybridized carbons (Fsp3) is 0.276. The predicted molar refractivity (Wildman–Crippen MR) is 129 cm³/mol. The van der Waals surface area contributed by atoms with E-state index in [0.29, 0.717) is 0 Å². The number of aromatic nitrogens is 2. The van der Waals surface area contributed by atoms with Gasteiger partial charge in [0.05, 0.1) is 5.69 Å². The number of rotatable bonds is 7. The van der Waals surface area contributed by atoms with Gasteiger partial charge in [0, 0.05) is 6.20 Å². The second-order valence-corrected chi connectivity index (χ2v) is 9.15. The first kappa shape index (κ1) is 21.1. The Morgan fingerprint density at radius 3 is 1.52 bits per heavy atom. The molecule has 3 aromatic carbocycles. The molecular formula is C29H32N2. The average molecular weight is 409 g/mol. The molecule has 0 aliphatic heterocycles. The number of aryl methyl sites for hydroxylation is 1. The molecule has 0 saturated carbocycles. The van der Waals surface area contributed by atoms with Gasteiger partial charge in [0.15, 0.2) is 0 Å². The normalized spacial score (nSPS) is 12.1. The van der Waals surface area contributed by atoms with E-state index in [1.807, 2.05) is 0 Å². The van der Waals surface area contributed by atoms with E-state index in [0.717, 1.165) is 24.4 Å². The topological polar surface area (TPSA) is 17.8 Å². The van der Waals surface area contributed by atoms with Crippen molar-refractivity contribution in [1.82, 2.24) is 9.55 Å². The maximum atomic E-state index is 5.05. The molecule has 0 aliphatic carbocycles. The van der Waals surface area contributed by atoms with Crippen molar-refractivity contribution in [3.63, 3.8) is 0 Å². The zero-order chi connectivity index (χ0) is 21.9. The molecule has 0 saturated heterocycles. The summed E-state index contributed by atoms with van der Waals surface area (Å²) < 4.78 is 2.38. The molecule has 4 rings (SSSR count). The van der Waals surface area contributed by atoms with Crippen LogP contribution in [0.4, 0.5) is 0 Å². The van der Waals surface area contributed by atoms with Crippen LogP contribution in [0, 0.1) is 12.3 Å². The van der Waals surface area contributed by atoms with Crippen LogP contribution in [0.5, 0.6) is 0 Å². The average Bonchev–Trinajstić information content (AvgIpc) is 3.16. The minimum Gasteiger partial charge on any atom is -0.316 e. The van der Waals surface area contributed by atoms with E-state index in [1.165, 1.54) is 16.7 Å². The van der Waals surface area contributed by atoms with E-state index in [2.05, 4.69) is 129 Å². The van der Waals surface area contributed by atoms with Gasteiger partial charge in [-0.1, -0.05) is 118 Å². The molecule has 158 valence electrons. The highest BCUT2D eigenvalue weighted by atomic mass is 15.1. The molecule has 0 atom stereocenters. The minimum atomic E-state index is -0.491. The lowest BCUT2D eigenvalue weighted by Gasteiger charge is -2.38. The first-order valence-electron chi connectivity index (χ1n) is 11.2. The summed E-state index contributed by atoms with van der Waals surface area (Å²) in [5.74, 6) is 1.03. The van der Waals surface area contributed by atoms with E-state index >= 15 is 0 Å². The van der Waals surface area contributed by atoms with Crippen molar-refractivity contribution in [3.8, 4) is 0 Å². The van der Waals surface area contributed by atoms with Crippen LogP contribution in [0.25, 0.3) is 0 Å². The van der Waals surface area contributed by atoms with Crippen molar-refractivity contribution < 1.29 is 0 Å². The van der Waals surface area contributed by atoms with Crippen molar-refractivity contribution in [2.45, 2.75) is 46.1 Å². The summed E-state index contributed by atoms with van der Waals surface area (Å²) >= 11 is 0. The smallest absolute Gasteiger partial charge is 0.121 e. The summed E-state index contributed by atoms with van der Waals surface area (Å²) in [6, 6.07) is 32.4. The van der Waals surface area contributed by atoms with E-state index in [4.69, 9.17) is 4.98 Å². The summed E-state index contributed by atoms with van der Waals surface area (Å²) in [6.45, 7) is 9.03. The van der Waals surface area contributed by atoms with Gasteiger partial charge in [-0.05, 0) is 35.4 Å². The number of hydrogen-bond acceptors (Lipinski definition) is 1. The van der Waals surface area contributed by atoms with Crippen molar-refractivity contribution in [2.24, 2.45) is 5.41 Å². The van der Waals surface area contributed by atoms with Gasteiger partial charge in [-0.15, -0.1) is 0 Å². The Bertz CT molecular complexity index is 1010. The molecule has 1 aromatic heterocycles. The van der Waals surface area contributed by atoms with Crippen LogP contribution < -0.4 is 0 Å². The van der Waals surface area contributed by atoms with Crippen LogP contribution >= 0.6 is 0 Å². The van der Waals surface area contributed by atoms with E-state index in [1.54, 1.807) is 0 Å². The molecule has 1 heterocycles. The van der Waals surface area contributed by atoms with Gasteiger partial charge in [0.2, 0.25) is 0 Å². The molecular weight excluding hydrogens is 376 g/mol. The number of imidazole rings is 1. The third-order valence-corrected chi connectivity index (χ3v) is 6.48. The number of nitrogens with zero attached hydrogens (tertiary/aromatic N) is 2. The fourth-order valence-corrected chi connectivity index (χ4v) is 4.53. The minimum absolute atomic E-state index is 0.223. The predicted octanol–water partition coefficient (Wildman–Crippen LogP) is 7.01. The van der Waals surface area contributed by atoms with Crippen molar-refractivity contribution in [3.05, 3.63) is 125 Å². The van der Waals surface area contributed by atoms with Gasteiger partial charge in [0.1, 0.15) is 11.4 Å². The Labute approximate surface area is 186 Å². The third kappa shape index (κ3) is 3.95. The van der Waals surface area contributed by atoms with Crippen LogP contribution in [0.2, 0.25) is 0 Å².